The number of hydrogen-bond donors (Lipinski definition) is 1. The highest BCUT2D eigenvalue weighted by Crippen LogP contribution is 2.28. The van der Waals surface area contributed by atoms with Crippen molar-refractivity contribution in [2.75, 3.05) is 0 Å². The first-order valence-electron chi connectivity index (χ1n) is 10.6. The minimum atomic E-state index is -5.03. The first kappa shape index (κ1) is 22.1. The van der Waals surface area contributed by atoms with Crippen LogP contribution < -0.4 is 4.74 Å². The summed E-state index contributed by atoms with van der Waals surface area (Å²) in [6.45, 7) is 0.0754. The zero-order chi connectivity index (χ0) is 22.6. The largest absolute Gasteiger partial charge is 0.492 e. The van der Waals surface area contributed by atoms with Crippen molar-refractivity contribution in [3.63, 3.8) is 0 Å². The molecule has 1 aliphatic carbocycles. The van der Waals surface area contributed by atoms with Gasteiger partial charge < -0.3 is 14.6 Å². The van der Waals surface area contributed by atoms with Gasteiger partial charge in [0, 0.05) is 12.1 Å². The van der Waals surface area contributed by atoms with E-state index in [0.29, 0.717) is 24.3 Å². The highest BCUT2D eigenvalue weighted by molar-refractivity contribution is 5.76. The molecule has 0 saturated heterocycles. The Morgan fingerprint density at radius 3 is 2.41 bits per heavy atom. The molecule has 2 aromatic carbocycles. The number of ether oxygens (including phenoxy) is 1. The van der Waals surface area contributed by atoms with Crippen molar-refractivity contribution >= 4 is 17.0 Å². The second kappa shape index (κ2) is 9.60. The number of H-pyrrole nitrogens is 1. The average Bonchev–Trinajstić information content (AvgIpc) is 3.05. The summed E-state index contributed by atoms with van der Waals surface area (Å²) in [6.07, 6.45) is 1.84. The van der Waals surface area contributed by atoms with Crippen LogP contribution >= 0.6 is 0 Å². The minimum absolute atomic E-state index is 0.0754. The van der Waals surface area contributed by atoms with Crippen molar-refractivity contribution in [1.82, 2.24) is 15.0 Å². The molecule has 0 unspecified atom stereocenters. The second-order valence-electron chi connectivity index (χ2n) is 7.92. The number of nitrogens with zero attached hydrogens (tertiary/aromatic N) is 2. The topological polar surface area (TPSA) is 67.4 Å². The van der Waals surface area contributed by atoms with Crippen LogP contribution in [-0.2, 0) is 16.2 Å². The number of nitrogens with one attached hydrogen (secondary N) is 1. The van der Waals surface area contributed by atoms with Crippen molar-refractivity contribution in [1.29, 1.82) is 0 Å². The van der Waals surface area contributed by atoms with Gasteiger partial charge in [-0.3, -0.25) is 0 Å². The van der Waals surface area contributed by atoms with Crippen LogP contribution in [0.1, 0.15) is 44.1 Å². The van der Waals surface area contributed by atoms with Crippen LogP contribution in [0.15, 0.2) is 48.8 Å². The molecule has 170 valence electrons. The number of aromatic amines is 1. The Labute approximate surface area is 183 Å². The van der Waals surface area contributed by atoms with Crippen molar-refractivity contribution in [3.05, 3.63) is 54.4 Å². The molecular weight excluding hydrogens is 423 g/mol. The maximum absolute atomic E-state index is 12.8. The molecule has 1 aliphatic rings. The van der Waals surface area contributed by atoms with Gasteiger partial charge >= 0.3 is 12.1 Å². The van der Waals surface area contributed by atoms with Gasteiger partial charge in [0.05, 0.1) is 23.9 Å². The summed E-state index contributed by atoms with van der Waals surface area (Å²) in [5.74, 6) is -0.982. The van der Waals surface area contributed by atoms with Gasteiger partial charge in [0.15, 0.2) is 0 Å². The molecule has 6 nitrogen and oxygen atoms in total. The summed E-state index contributed by atoms with van der Waals surface area (Å²) in [6, 6.07) is 12.2. The Morgan fingerprint density at radius 1 is 1.03 bits per heavy atom. The number of hydroxylamine groups is 2. The predicted molar refractivity (Wildman–Crippen MR) is 112 cm³/mol. The minimum Gasteiger partial charge on any atom is -0.457 e. The highest BCUT2D eigenvalue weighted by Gasteiger charge is 2.43. The lowest BCUT2D eigenvalue weighted by Crippen LogP contribution is -2.40. The number of alkyl halides is 3. The van der Waals surface area contributed by atoms with E-state index < -0.39 is 12.1 Å². The fraction of sp³-hybridized carbons (Fsp3) is 0.391. The van der Waals surface area contributed by atoms with Gasteiger partial charge in [-0.25, -0.2) is 9.78 Å². The van der Waals surface area contributed by atoms with E-state index in [9.17, 15) is 18.0 Å². The molecule has 0 aliphatic heterocycles. The van der Waals surface area contributed by atoms with Gasteiger partial charge in [-0.2, -0.15) is 13.2 Å². The van der Waals surface area contributed by atoms with Gasteiger partial charge in [0.1, 0.15) is 11.5 Å². The van der Waals surface area contributed by atoms with E-state index in [2.05, 4.69) is 9.97 Å². The molecule has 1 saturated carbocycles. The third-order valence-electron chi connectivity index (χ3n) is 5.55. The molecule has 32 heavy (non-hydrogen) atoms. The highest BCUT2D eigenvalue weighted by atomic mass is 19.4. The van der Waals surface area contributed by atoms with Gasteiger partial charge in [-0.1, -0.05) is 37.8 Å². The molecule has 0 spiro atoms. The van der Waals surface area contributed by atoms with E-state index in [1.165, 1.54) is 5.06 Å². The van der Waals surface area contributed by atoms with Crippen LogP contribution in [0.5, 0.6) is 11.5 Å². The fourth-order valence-electron chi connectivity index (χ4n) is 3.89. The number of rotatable bonds is 6. The lowest BCUT2D eigenvalue weighted by Gasteiger charge is -2.29. The summed E-state index contributed by atoms with van der Waals surface area (Å²) >= 11 is 0. The number of carbonyl (C=O) groups is 1. The van der Waals surface area contributed by atoms with Gasteiger partial charge in [0.25, 0.3) is 0 Å². The lowest BCUT2D eigenvalue weighted by atomic mass is 10.1. The zero-order valence-electron chi connectivity index (χ0n) is 17.4. The standard InChI is InChI=1S/C23H24F3N3O3/c24-23(25,26)22(30)32-29(17-5-3-1-2-4-6-17)14-16-7-9-18(10-8-16)31-19-11-12-20-21(13-19)28-15-27-20/h7-13,15,17H,1-6,14H2,(H,27,28). The van der Waals surface area contributed by atoms with E-state index in [1.54, 1.807) is 30.6 Å². The fourth-order valence-corrected chi connectivity index (χ4v) is 3.89. The monoisotopic (exact) mass is 447 g/mol. The predicted octanol–water partition coefficient (Wildman–Crippen LogP) is 5.90. The molecule has 0 amide bonds. The number of aromatic nitrogens is 2. The molecular formula is C23H24F3N3O3. The molecule has 9 heteroatoms. The zero-order valence-corrected chi connectivity index (χ0v) is 17.4. The van der Waals surface area contributed by atoms with Crippen molar-refractivity contribution in [2.45, 2.75) is 57.3 Å². The Morgan fingerprint density at radius 2 is 1.72 bits per heavy atom. The SMILES string of the molecule is O=C(ON(Cc1ccc(Oc2ccc3[nH]cnc3c2)cc1)C1CCCCCC1)C(F)(F)F. The maximum atomic E-state index is 12.8. The van der Waals surface area contributed by atoms with Crippen molar-refractivity contribution in [3.8, 4) is 11.5 Å². The number of halogens is 3. The normalized spacial score (nSPS) is 15.6. The molecule has 0 atom stereocenters. The third-order valence-corrected chi connectivity index (χ3v) is 5.55. The average molecular weight is 447 g/mol. The number of imidazole rings is 1. The van der Waals surface area contributed by atoms with Crippen molar-refractivity contribution in [2.24, 2.45) is 0 Å². The van der Waals surface area contributed by atoms with Crippen LogP contribution in [0, 0.1) is 0 Å². The maximum Gasteiger partial charge on any atom is 0.492 e. The first-order valence-corrected chi connectivity index (χ1v) is 10.6. The van der Waals surface area contributed by atoms with Crippen molar-refractivity contribution < 1.29 is 27.5 Å². The molecule has 0 bridgehead atoms. The number of fused-ring (bicyclic) bond motifs is 1. The molecule has 3 aromatic rings. The second-order valence-corrected chi connectivity index (χ2v) is 7.92. The Bertz CT molecular complexity index is 1040. The van der Waals surface area contributed by atoms with Crippen LogP contribution in [0.4, 0.5) is 13.2 Å². The van der Waals surface area contributed by atoms with Crippen LogP contribution in [-0.4, -0.2) is 33.2 Å². The Kier molecular flexibility index (Phi) is 6.64. The quantitative estimate of drug-likeness (QED) is 0.376. The van der Waals surface area contributed by atoms with E-state index in [-0.39, 0.29) is 12.6 Å². The van der Waals surface area contributed by atoms with Crippen LogP contribution in [0.3, 0.4) is 0 Å². The van der Waals surface area contributed by atoms with E-state index >= 15 is 0 Å². The van der Waals surface area contributed by atoms with Crippen LogP contribution in [0.25, 0.3) is 11.0 Å². The van der Waals surface area contributed by atoms with E-state index in [1.807, 2.05) is 18.2 Å². The number of carbonyl (C=O) groups excluding carboxylic acids is 1. The smallest absolute Gasteiger partial charge is 0.457 e. The van der Waals surface area contributed by atoms with Gasteiger partial charge in [-0.15, -0.1) is 5.06 Å². The number of benzene rings is 2. The Balaban J connectivity index is 1.45. The van der Waals surface area contributed by atoms with Gasteiger partial charge in [-0.05, 0) is 42.7 Å². The van der Waals surface area contributed by atoms with Gasteiger partial charge in [0.2, 0.25) is 0 Å². The summed E-state index contributed by atoms with van der Waals surface area (Å²) in [5, 5.41) is 1.20. The van der Waals surface area contributed by atoms with E-state index in [0.717, 1.165) is 42.3 Å². The summed E-state index contributed by atoms with van der Waals surface area (Å²) in [7, 11) is 0. The van der Waals surface area contributed by atoms with E-state index in [4.69, 9.17) is 9.57 Å². The first-order chi connectivity index (χ1) is 15.4. The molecule has 1 aromatic heterocycles. The van der Waals surface area contributed by atoms with Crippen LogP contribution in [0.2, 0.25) is 0 Å². The number of hydrogen-bond acceptors (Lipinski definition) is 5. The molecule has 1 N–H and O–H groups in total. The summed E-state index contributed by atoms with van der Waals surface area (Å²) in [5.41, 5.74) is 2.41. The third kappa shape index (κ3) is 5.59. The molecule has 4 rings (SSSR count). The molecule has 1 fully saturated rings. The Hall–Kier alpha value is -3.07. The summed E-state index contributed by atoms with van der Waals surface area (Å²) in [4.78, 5) is 23.5. The molecule has 0 radical (unpaired) electrons. The summed E-state index contributed by atoms with van der Waals surface area (Å²) < 4.78 is 44.3. The molecule has 1 heterocycles. The lowest BCUT2D eigenvalue weighted by molar-refractivity contribution is -0.250.